The summed E-state index contributed by atoms with van der Waals surface area (Å²) in [5.74, 6) is 0.222. The highest BCUT2D eigenvalue weighted by atomic mass is 16.6. The van der Waals surface area contributed by atoms with Gasteiger partial charge in [0.2, 0.25) is 0 Å². The summed E-state index contributed by atoms with van der Waals surface area (Å²) in [4.78, 5) is 23.8. The molecule has 1 N–H and O–H groups in total. The first-order chi connectivity index (χ1) is 9.97. The quantitative estimate of drug-likeness (QED) is 0.650. The first kappa shape index (κ1) is 15.2. The van der Waals surface area contributed by atoms with Crippen molar-refractivity contribution in [3.8, 4) is 5.75 Å². The van der Waals surface area contributed by atoms with Gasteiger partial charge >= 0.3 is 0 Å². The van der Waals surface area contributed by atoms with Crippen LogP contribution in [-0.2, 0) is 4.79 Å². The van der Waals surface area contributed by atoms with Gasteiger partial charge in [0.25, 0.3) is 11.6 Å². The lowest BCUT2D eigenvalue weighted by atomic mass is 10.0. The van der Waals surface area contributed by atoms with Crippen LogP contribution >= 0.6 is 0 Å². The number of amides is 1. The molecule has 0 spiro atoms. The third kappa shape index (κ3) is 3.91. The fourth-order valence-electron chi connectivity index (χ4n) is 2.33. The van der Waals surface area contributed by atoms with Gasteiger partial charge in [-0.15, -0.1) is 0 Å². The first-order valence-electron chi connectivity index (χ1n) is 6.80. The Kier molecular flexibility index (Phi) is 4.74. The van der Waals surface area contributed by atoms with Crippen molar-refractivity contribution in [2.75, 3.05) is 19.7 Å². The first-order valence-corrected chi connectivity index (χ1v) is 6.80. The minimum atomic E-state index is -0.512. The van der Waals surface area contributed by atoms with Gasteiger partial charge in [0.05, 0.1) is 17.1 Å². The number of ether oxygens (including phenoxy) is 1. The van der Waals surface area contributed by atoms with Crippen LogP contribution < -0.4 is 4.74 Å². The lowest BCUT2D eigenvalue weighted by Crippen LogP contribution is -2.34. The lowest BCUT2D eigenvalue weighted by molar-refractivity contribution is -0.384. The number of benzene rings is 1. The molecular formula is C14H18N2O5. The molecule has 1 fully saturated rings. The molecule has 1 heterocycles. The summed E-state index contributed by atoms with van der Waals surface area (Å²) >= 11 is 0. The Labute approximate surface area is 122 Å². The van der Waals surface area contributed by atoms with E-state index in [9.17, 15) is 20.0 Å². The summed E-state index contributed by atoms with van der Waals surface area (Å²) < 4.78 is 5.31. The Morgan fingerprint density at radius 3 is 3.00 bits per heavy atom. The molecule has 7 nitrogen and oxygen atoms in total. The fourth-order valence-corrected chi connectivity index (χ4v) is 2.33. The van der Waals surface area contributed by atoms with Gasteiger partial charge in [-0.1, -0.05) is 6.07 Å². The number of hydrogen-bond donors (Lipinski definition) is 1. The Morgan fingerprint density at radius 2 is 2.38 bits per heavy atom. The second-order valence-corrected chi connectivity index (χ2v) is 5.17. The van der Waals surface area contributed by atoms with Crippen molar-refractivity contribution in [2.24, 2.45) is 5.92 Å². The van der Waals surface area contributed by atoms with Crippen LogP contribution in [0.3, 0.4) is 0 Å². The number of nitrogens with zero attached hydrogens (tertiary/aromatic N) is 2. The van der Waals surface area contributed by atoms with Gasteiger partial charge in [-0.2, -0.15) is 0 Å². The Balaban J connectivity index is 1.87. The SMILES string of the molecule is CC(O)C1CCN(C(=O)COc2cccc([N+](=O)[O-])c2)C1. The highest BCUT2D eigenvalue weighted by Gasteiger charge is 2.29. The zero-order chi connectivity index (χ0) is 15.4. The van der Waals surface area contributed by atoms with E-state index < -0.39 is 11.0 Å². The summed E-state index contributed by atoms with van der Waals surface area (Å²) in [6.45, 7) is 2.69. The predicted octanol–water partition coefficient (Wildman–Crippen LogP) is 1.20. The Hall–Kier alpha value is -2.15. The fraction of sp³-hybridized carbons (Fsp3) is 0.500. The zero-order valence-corrected chi connectivity index (χ0v) is 11.8. The van der Waals surface area contributed by atoms with Crippen molar-refractivity contribution in [1.82, 2.24) is 4.90 Å². The molecule has 0 aliphatic carbocycles. The normalized spacial score (nSPS) is 19.3. The minimum Gasteiger partial charge on any atom is -0.484 e. The summed E-state index contributed by atoms with van der Waals surface area (Å²) in [6, 6.07) is 5.73. The van der Waals surface area contributed by atoms with Crippen molar-refractivity contribution in [1.29, 1.82) is 0 Å². The molecule has 2 rings (SSSR count). The van der Waals surface area contributed by atoms with E-state index in [0.29, 0.717) is 18.8 Å². The van der Waals surface area contributed by atoms with Crippen LogP contribution in [0.5, 0.6) is 5.75 Å². The van der Waals surface area contributed by atoms with Crippen LogP contribution in [0.4, 0.5) is 5.69 Å². The summed E-state index contributed by atoms with van der Waals surface area (Å²) in [7, 11) is 0. The Bertz CT molecular complexity index is 532. The van der Waals surface area contributed by atoms with E-state index >= 15 is 0 Å². The molecule has 7 heteroatoms. The Morgan fingerprint density at radius 1 is 1.62 bits per heavy atom. The molecule has 1 aliphatic rings. The highest BCUT2D eigenvalue weighted by Crippen LogP contribution is 2.21. The van der Waals surface area contributed by atoms with Gasteiger partial charge in [-0.25, -0.2) is 0 Å². The molecule has 2 atom stereocenters. The summed E-state index contributed by atoms with van der Waals surface area (Å²) in [5, 5.41) is 20.2. The maximum absolute atomic E-state index is 12.0. The van der Waals surface area contributed by atoms with Gasteiger partial charge in [-0.3, -0.25) is 14.9 Å². The van der Waals surface area contributed by atoms with Gasteiger partial charge in [-0.05, 0) is 19.4 Å². The van der Waals surface area contributed by atoms with Gasteiger partial charge < -0.3 is 14.7 Å². The molecule has 0 bridgehead atoms. The summed E-state index contributed by atoms with van der Waals surface area (Å²) in [5.41, 5.74) is -0.0738. The lowest BCUT2D eigenvalue weighted by Gasteiger charge is -2.17. The molecule has 1 aromatic rings. The van der Waals surface area contributed by atoms with Crippen LogP contribution in [0.25, 0.3) is 0 Å². The van der Waals surface area contributed by atoms with E-state index in [1.807, 2.05) is 0 Å². The molecule has 1 aliphatic heterocycles. The van der Waals surface area contributed by atoms with Crippen molar-refractivity contribution in [2.45, 2.75) is 19.4 Å². The van der Waals surface area contributed by atoms with Crippen molar-refractivity contribution < 1.29 is 19.6 Å². The molecule has 1 saturated heterocycles. The number of aliphatic hydroxyl groups excluding tert-OH is 1. The van der Waals surface area contributed by atoms with E-state index in [-0.39, 0.29) is 24.1 Å². The molecular weight excluding hydrogens is 276 g/mol. The minimum absolute atomic E-state index is 0.0738. The number of nitro benzene ring substituents is 1. The molecule has 0 saturated carbocycles. The van der Waals surface area contributed by atoms with Gasteiger partial charge in [0.15, 0.2) is 6.61 Å². The van der Waals surface area contributed by atoms with Crippen LogP contribution in [0.1, 0.15) is 13.3 Å². The molecule has 1 amide bonds. The smallest absolute Gasteiger partial charge is 0.273 e. The highest BCUT2D eigenvalue weighted by molar-refractivity contribution is 5.78. The standard InChI is InChI=1S/C14H18N2O5/c1-10(17)11-5-6-15(8-11)14(18)9-21-13-4-2-3-12(7-13)16(19)20/h2-4,7,10-11,17H,5-6,8-9H2,1H3. The number of likely N-dealkylation sites (tertiary alicyclic amines) is 1. The van der Waals surface area contributed by atoms with Crippen LogP contribution in [0.2, 0.25) is 0 Å². The van der Waals surface area contributed by atoms with Gasteiger partial charge in [0, 0.05) is 25.1 Å². The average Bonchev–Trinajstić information content (AvgIpc) is 2.95. The number of aliphatic hydroxyl groups is 1. The second kappa shape index (κ2) is 6.53. The average molecular weight is 294 g/mol. The van der Waals surface area contributed by atoms with Crippen LogP contribution in [0.15, 0.2) is 24.3 Å². The van der Waals surface area contributed by atoms with Crippen molar-refractivity contribution >= 4 is 11.6 Å². The second-order valence-electron chi connectivity index (χ2n) is 5.17. The molecule has 21 heavy (non-hydrogen) atoms. The third-order valence-electron chi connectivity index (χ3n) is 3.65. The molecule has 0 radical (unpaired) electrons. The molecule has 0 aromatic heterocycles. The number of carbonyl (C=O) groups is 1. The zero-order valence-electron chi connectivity index (χ0n) is 11.8. The molecule has 2 unspecified atom stereocenters. The van der Waals surface area contributed by atoms with Gasteiger partial charge in [0.1, 0.15) is 5.75 Å². The van der Waals surface area contributed by atoms with E-state index in [1.165, 1.54) is 18.2 Å². The number of carbonyl (C=O) groups excluding carboxylic acids is 1. The largest absolute Gasteiger partial charge is 0.484 e. The number of rotatable bonds is 5. The van der Waals surface area contributed by atoms with Crippen LogP contribution in [0, 0.1) is 16.0 Å². The van der Waals surface area contributed by atoms with E-state index in [1.54, 1.807) is 17.9 Å². The molecule has 1 aromatic carbocycles. The monoisotopic (exact) mass is 294 g/mol. The maximum atomic E-state index is 12.0. The van der Waals surface area contributed by atoms with Crippen molar-refractivity contribution in [3.05, 3.63) is 34.4 Å². The topological polar surface area (TPSA) is 92.9 Å². The van der Waals surface area contributed by atoms with E-state index in [4.69, 9.17) is 4.74 Å². The third-order valence-corrected chi connectivity index (χ3v) is 3.65. The van der Waals surface area contributed by atoms with Crippen molar-refractivity contribution in [3.63, 3.8) is 0 Å². The number of non-ortho nitro benzene ring substituents is 1. The van der Waals surface area contributed by atoms with Crippen LogP contribution in [-0.4, -0.2) is 46.6 Å². The number of hydrogen-bond acceptors (Lipinski definition) is 5. The van der Waals surface area contributed by atoms with E-state index in [0.717, 1.165) is 6.42 Å². The maximum Gasteiger partial charge on any atom is 0.273 e. The van der Waals surface area contributed by atoms with E-state index in [2.05, 4.69) is 0 Å². The predicted molar refractivity (Wildman–Crippen MR) is 75.0 cm³/mol. The molecule has 114 valence electrons. The summed E-state index contributed by atoms with van der Waals surface area (Å²) in [6.07, 6.45) is 0.348. The number of nitro groups is 1.